The number of carbonyl (C=O) groups excluding carboxylic acids is 1. The van der Waals surface area contributed by atoms with Gasteiger partial charge in [-0.15, -0.1) is 0 Å². The highest BCUT2D eigenvalue weighted by Gasteiger charge is 2.43. The van der Waals surface area contributed by atoms with E-state index in [2.05, 4.69) is 15.9 Å². The van der Waals surface area contributed by atoms with Gasteiger partial charge in [-0.25, -0.2) is 4.79 Å². The second-order valence-electron chi connectivity index (χ2n) is 4.95. The van der Waals surface area contributed by atoms with Gasteiger partial charge >= 0.3 is 5.97 Å². The average molecular weight is 331 g/mol. The number of carbonyl (C=O) groups is 2. The molecule has 6 nitrogen and oxygen atoms in total. The van der Waals surface area contributed by atoms with Crippen LogP contribution in [0.5, 0.6) is 0 Å². The molecule has 2 rings (SSSR count). The van der Waals surface area contributed by atoms with E-state index < -0.39 is 11.6 Å². The number of ether oxygens (including phenoxy) is 1. The zero-order chi connectivity index (χ0) is 14.2. The lowest BCUT2D eigenvalue weighted by Crippen LogP contribution is -2.63. The number of aromatic nitrogens is 1. The van der Waals surface area contributed by atoms with E-state index >= 15 is 0 Å². The summed E-state index contributed by atoms with van der Waals surface area (Å²) >= 11 is 3.32. The molecular weight excluding hydrogens is 316 g/mol. The predicted octanol–water partition coefficient (Wildman–Crippen LogP) is 1.10. The van der Waals surface area contributed by atoms with Crippen molar-refractivity contribution in [1.29, 1.82) is 0 Å². The molecule has 7 heteroatoms. The Hall–Kier alpha value is -1.34. The summed E-state index contributed by atoms with van der Waals surface area (Å²) in [6, 6.07) is 1.76. The van der Waals surface area contributed by atoms with E-state index in [9.17, 15) is 9.59 Å². The van der Waals surface area contributed by atoms with Gasteiger partial charge in [0.2, 0.25) is 0 Å². The number of hydrogen-bond acceptors (Lipinski definition) is 3. The molecule has 1 saturated heterocycles. The molecule has 0 atom stereocenters. The zero-order valence-electron chi connectivity index (χ0n) is 10.7. The largest absolute Gasteiger partial charge is 0.480 e. The number of likely N-dealkylation sites (tertiary alicyclic amines) is 1. The molecule has 0 unspecified atom stereocenters. The maximum atomic E-state index is 12.2. The first-order valence-corrected chi connectivity index (χ1v) is 6.57. The monoisotopic (exact) mass is 330 g/mol. The van der Waals surface area contributed by atoms with Crippen molar-refractivity contribution in [2.75, 3.05) is 19.7 Å². The number of carboxylic acid groups (broad SMARTS) is 1. The molecule has 0 saturated carbocycles. The zero-order valence-corrected chi connectivity index (χ0v) is 12.3. The number of nitrogens with zero attached hydrogens (tertiary/aromatic N) is 2. The summed E-state index contributed by atoms with van der Waals surface area (Å²) < 4.78 is 7.87. The smallest absolute Gasteiger partial charge is 0.329 e. The molecule has 0 spiro atoms. The summed E-state index contributed by atoms with van der Waals surface area (Å²) in [6.07, 6.45) is 1.81. The third-order valence-corrected chi connectivity index (χ3v) is 3.51. The quantitative estimate of drug-likeness (QED) is 0.897. The fraction of sp³-hybridized carbons (Fsp3) is 0.500. The summed E-state index contributed by atoms with van der Waals surface area (Å²) in [6.45, 7) is 2.28. The van der Waals surface area contributed by atoms with Gasteiger partial charge < -0.3 is 19.3 Å². The van der Waals surface area contributed by atoms with E-state index in [0.29, 0.717) is 18.8 Å². The number of carboxylic acids is 1. The van der Waals surface area contributed by atoms with Gasteiger partial charge in [0.25, 0.3) is 5.91 Å². The molecule has 1 aliphatic heterocycles. The Labute approximate surface area is 119 Å². The van der Waals surface area contributed by atoms with Crippen molar-refractivity contribution >= 4 is 27.8 Å². The molecule has 104 valence electrons. The van der Waals surface area contributed by atoms with E-state index in [1.807, 2.05) is 6.20 Å². The van der Waals surface area contributed by atoms with Crippen molar-refractivity contribution in [3.05, 3.63) is 22.4 Å². The Kier molecular flexibility index (Phi) is 3.69. The van der Waals surface area contributed by atoms with E-state index in [1.54, 1.807) is 29.5 Å². The molecule has 1 N–H and O–H groups in total. The summed E-state index contributed by atoms with van der Waals surface area (Å²) in [5, 5.41) is 8.57. The van der Waals surface area contributed by atoms with Gasteiger partial charge in [-0.3, -0.25) is 4.79 Å². The number of hydrogen-bond donors (Lipinski definition) is 1. The van der Waals surface area contributed by atoms with Crippen molar-refractivity contribution in [1.82, 2.24) is 9.47 Å². The SMILES string of the molecule is Cn1cc(Br)cc1C(=O)N1CC(C)(OCC(=O)O)C1. The lowest BCUT2D eigenvalue weighted by atomic mass is 9.96. The van der Waals surface area contributed by atoms with Crippen LogP contribution in [0.2, 0.25) is 0 Å². The van der Waals surface area contributed by atoms with Gasteiger partial charge in [0.05, 0.1) is 13.1 Å². The number of aliphatic carboxylic acids is 1. The number of rotatable bonds is 4. The van der Waals surface area contributed by atoms with Crippen LogP contribution in [-0.2, 0) is 16.6 Å². The van der Waals surface area contributed by atoms with Crippen LogP contribution in [0.15, 0.2) is 16.7 Å². The average Bonchev–Trinajstić information content (AvgIpc) is 2.61. The van der Waals surface area contributed by atoms with Gasteiger partial charge in [-0.1, -0.05) is 0 Å². The number of aryl methyl sites for hydroxylation is 1. The van der Waals surface area contributed by atoms with Gasteiger partial charge in [-0.2, -0.15) is 0 Å². The van der Waals surface area contributed by atoms with Crippen LogP contribution in [-0.4, -0.2) is 51.7 Å². The van der Waals surface area contributed by atoms with Gasteiger partial charge in [0.1, 0.15) is 17.9 Å². The second-order valence-corrected chi connectivity index (χ2v) is 5.86. The van der Waals surface area contributed by atoms with Crippen LogP contribution in [0.25, 0.3) is 0 Å². The van der Waals surface area contributed by atoms with E-state index in [4.69, 9.17) is 9.84 Å². The predicted molar refractivity (Wildman–Crippen MR) is 71.0 cm³/mol. The van der Waals surface area contributed by atoms with Crippen LogP contribution < -0.4 is 0 Å². The Morgan fingerprint density at radius 1 is 1.53 bits per heavy atom. The molecule has 1 aromatic heterocycles. The first-order chi connectivity index (χ1) is 8.81. The van der Waals surface area contributed by atoms with Crippen LogP contribution in [0, 0.1) is 0 Å². The number of amides is 1. The molecular formula is C12H15BrN2O4. The topological polar surface area (TPSA) is 71.8 Å². The lowest BCUT2D eigenvalue weighted by Gasteiger charge is -2.47. The highest BCUT2D eigenvalue weighted by molar-refractivity contribution is 9.10. The Morgan fingerprint density at radius 2 is 2.16 bits per heavy atom. The van der Waals surface area contributed by atoms with Crippen molar-refractivity contribution < 1.29 is 19.4 Å². The fourth-order valence-corrected chi connectivity index (χ4v) is 2.65. The molecule has 0 radical (unpaired) electrons. The third kappa shape index (κ3) is 2.98. The van der Waals surface area contributed by atoms with E-state index in [0.717, 1.165) is 4.47 Å². The van der Waals surface area contributed by atoms with Crippen LogP contribution in [0.1, 0.15) is 17.4 Å². The molecule has 2 heterocycles. The van der Waals surface area contributed by atoms with E-state index in [1.165, 1.54) is 0 Å². The fourth-order valence-electron chi connectivity index (χ4n) is 2.13. The molecule has 0 bridgehead atoms. The molecule has 1 amide bonds. The first kappa shape index (κ1) is 14.1. The van der Waals surface area contributed by atoms with Gasteiger partial charge in [0, 0.05) is 17.7 Å². The lowest BCUT2D eigenvalue weighted by molar-refractivity contribution is -0.160. The molecule has 1 fully saturated rings. The van der Waals surface area contributed by atoms with Gasteiger partial charge in [0.15, 0.2) is 0 Å². The van der Waals surface area contributed by atoms with Crippen molar-refractivity contribution in [3.8, 4) is 0 Å². The van der Waals surface area contributed by atoms with Crippen LogP contribution in [0.3, 0.4) is 0 Å². The minimum absolute atomic E-state index is 0.0791. The highest BCUT2D eigenvalue weighted by atomic mass is 79.9. The number of halogens is 1. The standard InChI is InChI=1S/C12H15BrN2O4/c1-12(19-5-10(16)17)6-15(7-12)11(18)9-3-8(13)4-14(9)2/h3-4H,5-7H2,1-2H3,(H,16,17). The van der Waals surface area contributed by atoms with Crippen LogP contribution in [0.4, 0.5) is 0 Å². The van der Waals surface area contributed by atoms with Crippen molar-refractivity contribution in [2.24, 2.45) is 7.05 Å². The Balaban J connectivity index is 1.95. The first-order valence-electron chi connectivity index (χ1n) is 5.78. The molecule has 0 aliphatic carbocycles. The molecule has 1 aromatic rings. The van der Waals surface area contributed by atoms with Crippen molar-refractivity contribution in [2.45, 2.75) is 12.5 Å². The van der Waals surface area contributed by atoms with E-state index in [-0.39, 0.29) is 12.5 Å². The summed E-state index contributed by atoms with van der Waals surface area (Å²) in [5.74, 6) is -1.08. The highest BCUT2D eigenvalue weighted by Crippen LogP contribution is 2.27. The molecule has 19 heavy (non-hydrogen) atoms. The second kappa shape index (κ2) is 4.97. The Bertz CT molecular complexity index is 520. The normalized spacial score (nSPS) is 17.1. The van der Waals surface area contributed by atoms with Gasteiger partial charge in [-0.05, 0) is 28.9 Å². The molecule has 0 aromatic carbocycles. The van der Waals surface area contributed by atoms with Crippen molar-refractivity contribution in [3.63, 3.8) is 0 Å². The Morgan fingerprint density at radius 3 is 2.63 bits per heavy atom. The summed E-state index contributed by atoms with van der Waals surface area (Å²) in [5.41, 5.74) is 0.0309. The summed E-state index contributed by atoms with van der Waals surface area (Å²) in [7, 11) is 1.80. The third-order valence-electron chi connectivity index (χ3n) is 3.07. The summed E-state index contributed by atoms with van der Waals surface area (Å²) in [4.78, 5) is 24.3. The van der Waals surface area contributed by atoms with Crippen LogP contribution >= 0.6 is 15.9 Å². The maximum Gasteiger partial charge on any atom is 0.329 e. The minimum atomic E-state index is -1.00. The minimum Gasteiger partial charge on any atom is -0.480 e. The maximum absolute atomic E-state index is 12.2. The molecule has 1 aliphatic rings.